The minimum atomic E-state index is -0.429. The minimum absolute atomic E-state index is 0.251. The molecule has 1 aliphatic rings. The Morgan fingerprint density at radius 2 is 1.92 bits per heavy atom. The quantitative estimate of drug-likeness (QED) is 0.782. The second kappa shape index (κ2) is 6.31. The first-order chi connectivity index (χ1) is 11.5. The molecule has 3 rings (SSSR count). The van der Waals surface area contributed by atoms with Gasteiger partial charge in [-0.2, -0.15) is 0 Å². The first kappa shape index (κ1) is 16.0. The van der Waals surface area contributed by atoms with Crippen LogP contribution in [0.1, 0.15) is 12.8 Å². The number of aromatic nitrogens is 2. The van der Waals surface area contributed by atoms with Crippen LogP contribution in [0.2, 0.25) is 0 Å². The summed E-state index contributed by atoms with van der Waals surface area (Å²) in [6, 6.07) is 6.45. The van der Waals surface area contributed by atoms with E-state index in [-0.39, 0.29) is 35.7 Å². The molecule has 1 saturated heterocycles. The Morgan fingerprint density at radius 1 is 1.21 bits per heavy atom. The predicted octanol–water partition coefficient (Wildman–Crippen LogP) is -0.586. The molecule has 2 aromatic rings. The fourth-order valence-electron chi connectivity index (χ4n) is 3.03. The third-order valence-corrected chi connectivity index (χ3v) is 4.35. The lowest BCUT2D eigenvalue weighted by molar-refractivity contribution is -0.135. The fraction of sp³-hybridized carbons (Fsp3) is 0.375. The van der Waals surface area contributed by atoms with Crippen LogP contribution in [0.25, 0.3) is 10.8 Å². The van der Waals surface area contributed by atoms with Crippen LogP contribution in [0.4, 0.5) is 0 Å². The lowest BCUT2D eigenvalue weighted by atomic mass is 9.97. The zero-order chi connectivity index (χ0) is 17.3. The van der Waals surface area contributed by atoms with Gasteiger partial charge in [-0.1, -0.05) is 12.1 Å². The smallest absolute Gasteiger partial charge is 0.273 e. The Hall–Kier alpha value is -2.90. The Labute approximate surface area is 136 Å². The Balaban J connectivity index is 1.86. The van der Waals surface area contributed by atoms with E-state index in [0.29, 0.717) is 19.4 Å². The van der Waals surface area contributed by atoms with Crippen LogP contribution in [0.5, 0.6) is 0 Å². The van der Waals surface area contributed by atoms with Gasteiger partial charge in [-0.15, -0.1) is 0 Å². The van der Waals surface area contributed by atoms with Gasteiger partial charge in [-0.3, -0.25) is 24.3 Å². The Bertz CT molecular complexity index is 914. The van der Waals surface area contributed by atoms with Crippen LogP contribution in [0.3, 0.4) is 0 Å². The molecular formula is C16H18N4O4. The van der Waals surface area contributed by atoms with Crippen molar-refractivity contribution < 1.29 is 9.59 Å². The number of hydrogen-bond acceptors (Lipinski definition) is 4. The lowest BCUT2D eigenvalue weighted by Crippen LogP contribution is -2.46. The molecular weight excluding hydrogens is 312 g/mol. The number of rotatable bonds is 3. The number of carbonyl (C=O) groups is 2. The van der Waals surface area contributed by atoms with Crippen molar-refractivity contribution in [2.24, 2.45) is 11.7 Å². The molecule has 0 spiro atoms. The zero-order valence-electron chi connectivity index (χ0n) is 13.0. The Kier molecular flexibility index (Phi) is 4.20. The molecule has 0 saturated carbocycles. The molecule has 126 valence electrons. The summed E-state index contributed by atoms with van der Waals surface area (Å²) in [7, 11) is 0. The molecule has 1 aliphatic heterocycles. The van der Waals surface area contributed by atoms with E-state index in [9.17, 15) is 19.2 Å². The summed E-state index contributed by atoms with van der Waals surface area (Å²) in [6.45, 7) is 0.486. The molecule has 1 aromatic carbocycles. The molecule has 3 N–H and O–H groups in total. The second-order valence-corrected chi connectivity index (χ2v) is 5.96. The van der Waals surface area contributed by atoms with Gasteiger partial charge in [0.2, 0.25) is 11.8 Å². The SMILES string of the molecule is NC(=O)C1CCCN(C(=O)Cn2[nH]c(=O)c3ccccc3c2=O)C1. The fourth-order valence-corrected chi connectivity index (χ4v) is 3.03. The molecule has 1 atom stereocenters. The first-order valence-corrected chi connectivity index (χ1v) is 7.76. The summed E-state index contributed by atoms with van der Waals surface area (Å²) in [5, 5.41) is 2.99. The van der Waals surface area contributed by atoms with Gasteiger partial charge in [0.05, 0.1) is 16.7 Å². The number of hydrogen-bond donors (Lipinski definition) is 2. The number of likely N-dealkylation sites (tertiary alicyclic amines) is 1. The van der Waals surface area contributed by atoms with Crippen molar-refractivity contribution in [1.29, 1.82) is 0 Å². The monoisotopic (exact) mass is 330 g/mol. The average molecular weight is 330 g/mol. The van der Waals surface area contributed by atoms with Gasteiger partial charge in [-0.25, -0.2) is 4.68 Å². The van der Waals surface area contributed by atoms with Gasteiger partial charge in [0.15, 0.2) is 0 Å². The van der Waals surface area contributed by atoms with Gasteiger partial charge < -0.3 is 10.6 Å². The van der Waals surface area contributed by atoms with Gasteiger partial charge in [0.1, 0.15) is 6.54 Å². The third-order valence-electron chi connectivity index (χ3n) is 4.35. The number of amides is 2. The lowest BCUT2D eigenvalue weighted by Gasteiger charge is -2.31. The van der Waals surface area contributed by atoms with E-state index in [4.69, 9.17) is 5.73 Å². The molecule has 2 amide bonds. The molecule has 8 heteroatoms. The van der Waals surface area contributed by atoms with Crippen molar-refractivity contribution in [2.75, 3.05) is 13.1 Å². The van der Waals surface area contributed by atoms with E-state index in [1.165, 1.54) is 4.90 Å². The summed E-state index contributed by atoms with van der Waals surface area (Å²) in [6.07, 6.45) is 1.34. The van der Waals surface area contributed by atoms with E-state index in [2.05, 4.69) is 5.10 Å². The maximum Gasteiger partial charge on any atom is 0.273 e. The molecule has 2 heterocycles. The van der Waals surface area contributed by atoms with Crippen molar-refractivity contribution in [1.82, 2.24) is 14.7 Å². The van der Waals surface area contributed by atoms with Crippen molar-refractivity contribution in [3.63, 3.8) is 0 Å². The molecule has 0 aliphatic carbocycles. The van der Waals surface area contributed by atoms with Crippen LogP contribution in [0, 0.1) is 5.92 Å². The molecule has 0 radical (unpaired) electrons. The molecule has 1 aromatic heterocycles. The molecule has 1 unspecified atom stereocenters. The van der Waals surface area contributed by atoms with Crippen molar-refractivity contribution in [3.05, 3.63) is 45.0 Å². The number of aromatic amines is 1. The van der Waals surface area contributed by atoms with Gasteiger partial charge in [0, 0.05) is 13.1 Å². The first-order valence-electron chi connectivity index (χ1n) is 7.76. The topological polar surface area (TPSA) is 118 Å². The number of nitrogens with zero attached hydrogens (tertiary/aromatic N) is 2. The standard InChI is InChI=1S/C16H18N4O4/c17-14(22)10-4-3-7-19(8-10)13(21)9-20-16(24)12-6-2-1-5-11(12)15(23)18-20/h1-2,5-6,10H,3-4,7-9H2,(H2,17,22)(H,18,23). The molecule has 24 heavy (non-hydrogen) atoms. The summed E-state index contributed by atoms with van der Waals surface area (Å²) in [5.74, 6) is -1.12. The van der Waals surface area contributed by atoms with Gasteiger partial charge in [-0.05, 0) is 25.0 Å². The molecule has 1 fully saturated rings. The average Bonchev–Trinajstić information content (AvgIpc) is 2.59. The Morgan fingerprint density at radius 3 is 2.62 bits per heavy atom. The van der Waals surface area contributed by atoms with Gasteiger partial charge in [0.25, 0.3) is 11.1 Å². The number of nitrogens with two attached hydrogens (primary N) is 1. The number of benzene rings is 1. The van der Waals surface area contributed by atoms with Crippen molar-refractivity contribution in [3.8, 4) is 0 Å². The highest BCUT2D eigenvalue weighted by Gasteiger charge is 2.27. The normalized spacial score (nSPS) is 17.8. The predicted molar refractivity (Wildman–Crippen MR) is 87.3 cm³/mol. The van der Waals surface area contributed by atoms with Crippen LogP contribution in [-0.2, 0) is 16.1 Å². The molecule has 8 nitrogen and oxygen atoms in total. The number of nitrogens with one attached hydrogen (secondary N) is 1. The van der Waals surface area contributed by atoms with Crippen LogP contribution in [0.15, 0.2) is 33.9 Å². The number of primary amides is 1. The summed E-state index contributed by atoms with van der Waals surface area (Å²) in [4.78, 5) is 49.7. The summed E-state index contributed by atoms with van der Waals surface area (Å²) in [5.41, 5.74) is 4.46. The second-order valence-electron chi connectivity index (χ2n) is 5.96. The number of H-pyrrole nitrogens is 1. The maximum atomic E-state index is 12.4. The summed E-state index contributed by atoms with van der Waals surface area (Å²) >= 11 is 0. The van der Waals surface area contributed by atoms with Crippen molar-refractivity contribution in [2.45, 2.75) is 19.4 Å². The van der Waals surface area contributed by atoms with Gasteiger partial charge >= 0.3 is 0 Å². The molecule has 0 bridgehead atoms. The largest absolute Gasteiger partial charge is 0.369 e. The van der Waals surface area contributed by atoms with E-state index in [1.54, 1.807) is 24.3 Å². The van der Waals surface area contributed by atoms with Crippen LogP contribution >= 0.6 is 0 Å². The van der Waals surface area contributed by atoms with Crippen molar-refractivity contribution >= 4 is 22.6 Å². The summed E-state index contributed by atoms with van der Waals surface area (Å²) < 4.78 is 1.01. The highest BCUT2D eigenvalue weighted by atomic mass is 16.2. The number of carbonyl (C=O) groups excluding carboxylic acids is 2. The van der Waals surface area contributed by atoms with E-state index < -0.39 is 17.0 Å². The van der Waals surface area contributed by atoms with E-state index >= 15 is 0 Å². The number of piperidine rings is 1. The zero-order valence-corrected chi connectivity index (χ0v) is 13.0. The van der Waals surface area contributed by atoms with E-state index in [1.807, 2.05) is 0 Å². The van der Waals surface area contributed by atoms with Crippen LogP contribution in [-0.4, -0.2) is 39.6 Å². The maximum absolute atomic E-state index is 12.4. The van der Waals surface area contributed by atoms with Crippen LogP contribution < -0.4 is 16.9 Å². The highest BCUT2D eigenvalue weighted by Crippen LogP contribution is 2.16. The van der Waals surface area contributed by atoms with E-state index in [0.717, 1.165) is 4.68 Å². The highest BCUT2D eigenvalue weighted by molar-refractivity contribution is 5.82. The number of fused-ring (bicyclic) bond motifs is 1. The third kappa shape index (κ3) is 2.94. The minimum Gasteiger partial charge on any atom is -0.369 e.